The van der Waals surface area contributed by atoms with Gasteiger partial charge < -0.3 is 0 Å². The molecule has 4 heteroatoms. The van der Waals surface area contributed by atoms with Gasteiger partial charge in [-0.3, -0.25) is 0 Å². The SMILES string of the molecule is [B]C(F)(F)C1(c2ccc(Br)cc2)CC1. The van der Waals surface area contributed by atoms with Crippen LogP contribution in [0.15, 0.2) is 28.7 Å². The Kier molecular flexibility index (Phi) is 2.22. The molecular formula is C10H8BBrF2. The van der Waals surface area contributed by atoms with Crippen LogP contribution in [-0.2, 0) is 5.41 Å². The van der Waals surface area contributed by atoms with E-state index in [1.807, 2.05) is 0 Å². The van der Waals surface area contributed by atoms with Gasteiger partial charge in [-0.25, -0.2) is 8.78 Å². The van der Waals surface area contributed by atoms with E-state index in [-0.39, 0.29) is 0 Å². The standard InChI is InChI=1S/C10H8BBrF2/c11-10(13,14)9(5-6-9)7-1-3-8(12)4-2-7/h1-4H,5-6H2. The van der Waals surface area contributed by atoms with Gasteiger partial charge in [0.1, 0.15) is 0 Å². The number of hydrogen-bond donors (Lipinski definition) is 0. The summed E-state index contributed by atoms with van der Waals surface area (Å²) in [5.41, 5.74) is -0.471. The minimum atomic E-state index is -3.11. The Morgan fingerprint density at radius 2 is 1.71 bits per heavy atom. The largest absolute Gasteiger partial charge is 0.218 e. The zero-order chi connectivity index (χ0) is 10.4. The minimum Gasteiger partial charge on any atom is -0.218 e. The Hall–Kier alpha value is -0.375. The minimum absolute atomic E-state index is 0.470. The third kappa shape index (κ3) is 1.50. The molecule has 0 atom stereocenters. The fourth-order valence-corrected chi connectivity index (χ4v) is 1.97. The number of hydrogen-bond acceptors (Lipinski definition) is 0. The second kappa shape index (κ2) is 3.06. The Morgan fingerprint density at radius 1 is 1.21 bits per heavy atom. The molecule has 2 radical (unpaired) electrons. The summed E-state index contributed by atoms with van der Waals surface area (Å²) < 4.78 is 27.1. The van der Waals surface area contributed by atoms with E-state index >= 15 is 0 Å². The van der Waals surface area contributed by atoms with E-state index in [2.05, 4.69) is 15.9 Å². The molecule has 1 aliphatic carbocycles. The van der Waals surface area contributed by atoms with Crippen molar-refractivity contribution in [1.29, 1.82) is 0 Å². The van der Waals surface area contributed by atoms with E-state index in [0.29, 0.717) is 18.4 Å². The number of benzene rings is 1. The molecule has 2 rings (SSSR count). The molecule has 0 amide bonds. The molecule has 72 valence electrons. The zero-order valence-corrected chi connectivity index (χ0v) is 9.02. The van der Waals surface area contributed by atoms with Gasteiger partial charge in [0.15, 0.2) is 7.85 Å². The highest BCUT2D eigenvalue weighted by Gasteiger charge is 2.59. The summed E-state index contributed by atoms with van der Waals surface area (Å²) in [4.78, 5) is 0. The highest BCUT2D eigenvalue weighted by Crippen LogP contribution is 2.56. The van der Waals surface area contributed by atoms with Crippen LogP contribution in [-0.4, -0.2) is 13.7 Å². The van der Waals surface area contributed by atoms with Crippen LogP contribution in [0, 0.1) is 0 Å². The maximum Gasteiger partial charge on any atom is 0.209 e. The molecule has 0 heterocycles. The first-order valence-corrected chi connectivity index (χ1v) is 5.18. The van der Waals surface area contributed by atoms with E-state index < -0.39 is 11.2 Å². The second-order valence-electron chi connectivity index (χ2n) is 3.71. The van der Waals surface area contributed by atoms with E-state index in [9.17, 15) is 8.78 Å². The molecule has 1 saturated carbocycles. The second-order valence-corrected chi connectivity index (χ2v) is 4.63. The van der Waals surface area contributed by atoms with Crippen molar-refractivity contribution < 1.29 is 8.78 Å². The first kappa shape index (κ1) is 10.2. The lowest BCUT2D eigenvalue weighted by atomic mass is 9.78. The van der Waals surface area contributed by atoms with Gasteiger partial charge in [-0.15, -0.1) is 0 Å². The predicted molar refractivity (Wildman–Crippen MR) is 55.8 cm³/mol. The molecule has 1 fully saturated rings. The summed E-state index contributed by atoms with van der Waals surface area (Å²) in [6, 6.07) is 6.94. The summed E-state index contributed by atoms with van der Waals surface area (Å²) in [6.07, 6.45) is 0.941. The molecule has 0 N–H and O–H groups in total. The molecule has 0 bridgehead atoms. The summed E-state index contributed by atoms with van der Waals surface area (Å²) in [5, 5.41) is 0. The quantitative estimate of drug-likeness (QED) is 0.713. The first-order chi connectivity index (χ1) is 6.46. The molecule has 0 aliphatic heterocycles. The molecule has 0 spiro atoms. The van der Waals surface area contributed by atoms with E-state index in [1.54, 1.807) is 24.3 Å². The van der Waals surface area contributed by atoms with Gasteiger partial charge in [0.2, 0.25) is 5.82 Å². The van der Waals surface area contributed by atoms with Gasteiger partial charge in [0, 0.05) is 9.89 Å². The highest BCUT2D eigenvalue weighted by molar-refractivity contribution is 9.10. The van der Waals surface area contributed by atoms with Crippen LogP contribution < -0.4 is 0 Å². The van der Waals surface area contributed by atoms with Crippen LogP contribution in [0.5, 0.6) is 0 Å². The van der Waals surface area contributed by atoms with Crippen molar-refractivity contribution >= 4 is 23.8 Å². The van der Waals surface area contributed by atoms with Gasteiger partial charge in [0.25, 0.3) is 0 Å². The third-order valence-corrected chi connectivity index (χ3v) is 3.31. The molecule has 1 aromatic carbocycles. The Labute approximate surface area is 91.2 Å². The summed E-state index contributed by atoms with van der Waals surface area (Å²) in [6.45, 7) is 0. The summed E-state index contributed by atoms with van der Waals surface area (Å²) >= 11 is 3.26. The van der Waals surface area contributed by atoms with Crippen LogP contribution in [0.2, 0.25) is 0 Å². The molecule has 1 aliphatic rings. The fraction of sp³-hybridized carbons (Fsp3) is 0.400. The van der Waals surface area contributed by atoms with Gasteiger partial charge >= 0.3 is 0 Å². The summed E-state index contributed by atoms with van der Waals surface area (Å²) in [5.74, 6) is -3.11. The van der Waals surface area contributed by atoms with Crippen molar-refractivity contribution in [2.24, 2.45) is 0 Å². The first-order valence-electron chi connectivity index (χ1n) is 4.38. The summed E-state index contributed by atoms with van der Waals surface area (Å²) in [7, 11) is 4.90. The number of rotatable bonds is 2. The van der Waals surface area contributed by atoms with Crippen molar-refractivity contribution in [2.75, 3.05) is 0 Å². The van der Waals surface area contributed by atoms with Crippen LogP contribution in [0.3, 0.4) is 0 Å². The molecular weight excluding hydrogens is 249 g/mol. The smallest absolute Gasteiger partial charge is 0.209 e. The lowest BCUT2D eigenvalue weighted by molar-refractivity contribution is 0.0502. The van der Waals surface area contributed by atoms with Crippen molar-refractivity contribution in [1.82, 2.24) is 0 Å². The third-order valence-electron chi connectivity index (χ3n) is 2.78. The predicted octanol–water partition coefficient (Wildman–Crippen LogP) is 3.24. The van der Waals surface area contributed by atoms with Crippen LogP contribution in [0.4, 0.5) is 8.78 Å². The van der Waals surface area contributed by atoms with Crippen LogP contribution in [0.25, 0.3) is 0 Å². The van der Waals surface area contributed by atoms with Crippen LogP contribution in [0.1, 0.15) is 18.4 Å². The van der Waals surface area contributed by atoms with Crippen LogP contribution >= 0.6 is 15.9 Å². The lowest BCUT2D eigenvalue weighted by Crippen LogP contribution is -2.33. The Morgan fingerprint density at radius 3 is 2.07 bits per heavy atom. The lowest BCUT2D eigenvalue weighted by Gasteiger charge is -2.24. The monoisotopic (exact) mass is 256 g/mol. The number of halogens is 3. The van der Waals surface area contributed by atoms with Crippen molar-refractivity contribution in [2.45, 2.75) is 24.1 Å². The van der Waals surface area contributed by atoms with Gasteiger partial charge in [-0.2, -0.15) is 0 Å². The average Bonchev–Trinajstić information content (AvgIpc) is 2.84. The van der Waals surface area contributed by atoms with E-state index in [4.69, 9.17) is 7.85 Å². The van der Waals surface area contributed by atoms with Gasteiger partial charge in [0.05, 0.1) is 0 Å². The maximum atomic E-state index is 13.1. The Bertz CT molecular complexity index is 338. The molecule has 1 aromatic rings. The average molecular weight is 257 g/mol. The van der Waals surface area contributed by atoms with Crippen molar-refractivity contribution in [3.8, 4) is 0 Å². The maximum absolute atomic E-state index is 13.1. The normalized spacial score (nSPS) is 19.4. The highest BCUT2D eigenvalue weighted by atomic mass is 79.9. The Balaban J connectivity index is 2.36. The number of alkyl halides is 2. The van der Waals surface area contributed by atoms with Crippen molar-refractivity contribution in [3.63, 3.8) is 0 Å². The molecule has 14 heavy (non-hydrogen) atoms. The molecule has 0 aromatic heterocycles. The van der Waals surface area contributed by atoms with E-state index in [0.717, 1.165) is 4.47 Å². The van der Waals surface area contributed by atoms with E-state index in [1.165, 1.54) is 0 Å². The zero-order valence-electron chi connectivity index (χ0n) is 7.43. The van der Waals surface area contributed by atoms with Crippen molar-refractivity contribution in [3.05, 3.63) is 34.3 Å². The van der Waals surface area contributed by atoms with Gasteiger partial charge in [-0.05, 0) is 30.5 Å². The van der Waals surface area contributed by atoms with Gasteiger partial charge in [-0.1, -0.05) is 28.1 Å². The molecule has 0 saturated heterocycles. The fourth-order valence-electron chi connectivity index (χ4n) is 1.71. The molecule has 0 unspecified atom stereocenters. The topological polar surface area (TPSA) is 0 Å². The molecule has 0 nitrogen and oxygen atoms in total.